The first-order chi connectivity index (χ1) is 7.18. The molecule has 2 aromatic rings. The molecule has 2 heterocycles. The third-order valence-corrected chi connectivity index (χ3v) is 4.61. The van der Waals surface area contributed by atoms with Crippen LogP contribution in [0.4, 0.5) is 0 Å². The molecule has 0 radical (unpaired) electrons. The molecule has 0 amide bonds. The molecule has 0 fully saturated rings. The molecule has 0 spiro atoms. The molecule has 0 bridgehead atoms. The van der Waals surface area contributed by atoms with E-state index in [1.807, 2.05) is 0 Å². The van der Waals surface area contributed by atoms with Crippen molar-refractivity contribution in [1.82, 2.24) is 4.72 Å². The van der Waals surface area contributed by atoms with Crippen molar-refractivity contribution in [2.24, 2.45) is 0 Å². The van der Waals surface area contributed by atoms with Crippen molar-refractivity contribution in [3.63, 3.8) is 0 Å². The maximum Gasteiger partial charge on any atom is 0.250 e. The van der Waals surface area contributed by atoms with Crippen molar-refractivity contribution in [1.29, 1.82) is 0 Å². The summed E-state index contributed by atoms with van der Waals surface area (Å²) < 4.78 is 31.0. The second-order valence-corrected chi connectivity index (χ2v) is 5.83. The van der Waals surface area contributed by atoms with Gasteiger partial charge in [0.2, 0.25) is 10.0 Å². The second kappa shape index (κ2) is 4.18. The van der Waals surface area contributed by atoms with E-state index in [1.165, 1.54) is 23.9 Å². The van der Waals surface area contributed by atoms with Gasteiger partial charge in [0.05, 0.1) is 12.5 Å². The molecular formula is C9H9NO3S2. The highest BCUT2D eigenvalue weighted by atomic mass is 32.2. The van der Waals surface area contributed by atoms with Crippen molar-refractivity contribution in [3.05, 3.63) is 41.7 Å². The van der Waals surface area contributed by atoms with Gasteiger partial charge in [-0.2, -0.15) is 0 Å². The standard InChI is InChI=1S/C9H9NO3S2/c11-15(12,9-2-1-5-14-9)10-6-8-3-4-13-7-8/h1-5,7,10H,6H2. The van der Waals surface area contributed by atoms with Gasteiger partial charge in [-0.3, -0.25) is 0 Å². The van der Waals surface area contributed by atoms with Gasteiger partial charge >= 0.3 is 0 Å². The Balaban J connectivity index is 2.06. The summed E-state index contributed by atoms with van der Waals surface area (Å²) in [5.41, 5.74) is 0.801. The predicted octanol–water partition coefficient (Wildman–Crippen LogP) is 1.82. The number of hydrogen-bond acceptors (Lipinski definition) is 4. The van der Waals surface area contributed by atoms with Gasteiger partial charge in [-0.15, -0.1) is 11.3 Å². The number of rotatable bonds is 4. The van der Waals surface area contributed by atoms with Crippen LogP contribution in [0.15, 0.2) is 44.7 Å². The van der Waals surface area contributed by atoms with Crippen LogP contribution in [0.5, 0.6) is 0 Å². The predicted molar refractivity (Wildman–Crippen MR) is 57.1 cm³/mol. The Bertz CT molecular complexity index is 500. The summed E-state index contributed by atoms with van der Waals surface area (Å²) in [6, 6.07) is 5.00. The molecule has 0 saturated heterocycles. The minimum Gasteiger partial charge on any atom is -0.472 e. The van der Waals surface area contributed by atoms with Crippen LogP contribution in [-0.2, 0) is 16.6 Å². The lowest BCUT2D eigenvalue weighted by molar-refractivity contribution is 0.561. The Morgan fingerprint density at radius 1 is 1.40 bits per heavy atom. The summed E-state index contributed by atoms with van der Waals surface area (Å²) in [6.45, 7) is 0.247. The van der Waals surface area contributed by atoms with Crippen molar-refractivity contribution in [2.75, 3.05) is 0 Å². The minimum absolute atomic E-state index is 0.247. The van der Waals surface area contributed by atoms with Crippen LogP contribution in [0.1, 0.15) is 5.56 Å². The molecule has 0 unspecified atom stereocenters. The van der Waals surface area contributed by atoms with E-state index < -0.39 is 10.0 Å². The minimum atomic E-state index is -3.37. The average Bonchev–Trinajstić information content (AvgIpc) is 2.88. The topological polar surface area (TPSA) is 59.3 Å². The van der Waals surface area contributed by atoms with Crippen LogP contribution < -0.4 is 4.72 Å². The first-order valence-corrected chi connectivity index (χ1v) is 6.59. The fourth-order valence-corrected chi connectivity index (χ4v) is 3.11. The van der Waals surface area contributed by atoms with E-state index in [2.05, 4.69) is 4.72 Å². The smallest absolute Gasteiger partial charge is 0.250 e. The largest absolute Gasteiger partial charge is 0.472 e. The van der Waals surface area contributed by atoms with Gasteiger partial charge in [-0.25, -0.2) is 13.1 Å². The van der Waals surface area contributed by atoms with Gasteiger partial charge in [0.15, 0.2) is 0 Å². The quantitative estimate of drug-likeness (QED) is 0.891. The maximum absolute atomic E-state index is 11.7. The van der Waals surface area contributed by atoms with Gasteiger partial charge in [-0.1, -0.05) is 6.07 Å². The molecule has 2 aromatic heterocycles. The second-order valence-electron chi connectivity index (χ2n) is 2.89. The van der Waals surface area contributed by atoms with Gasteiger partial charge in [-0.05, 0) is 17.5 Å². The van der Waals surface area contributed by atoms with Crippen LogP contribution in [0.2, 0.25) is 0 Å². The van der Waals surface area contributed by atoms with E-state index in [0.717, 1.165) is 5.56 Å². The van der Waals surface area contributed by atoms with E-state index in [-0.39, 0.29) is 6.54 Å². The molecular weight excluding hydrogens is 234 g/mol. The Morgan fingerprint density at radius 2 is 2.27 bits per heavy atom. The van der Waals surface area contributed by atoms with Gasteiger partial charge in [0, 0.05) is 12.1 Å². The zero-order valence-electron chi connectivity index (χ0n) is 7.71. The average molecular weight is 243 g/mol. The van der Waals surface area contributed by atoms with E-state index in [1.54, 1.807) is 23.6 Å². The number of nitrogens with one attached hydrogen (secondary N) is 1. The molecule has 0 saturated carbocycles. The summed E-state index contributed by atoms with van der Waals surface area (Å²) in [5, 5.41) is 1.73. The van der Waals surface area contributed by atoms with Gasteiger partial charge in [0.25, 0.3) is 0 Å². The molecule has 0 aliphatic carbocycles. The van der Waals surface area contributed by atoms with Crippen LogP contribution >= 0.6 is 11.3 Å². The fourth-order valence-electron chi connectivity index (χ4n) is 1.06. The monoisotopic (exact) mass is 243 g/mol. The molecule has 0 atom stereocenters. The molecule has 80 valence electrons. The van der Waals surface area contributed by atoms with E-state index in [0.29, 0.717) is 4.21 Å². The van der Waals surface area contributed by atoms with Crippen molar-refractivity contribution >= 4 is 21.4 Å². The van der Waals surface area contributed by atoms with E-state index in [4.69, 9.17) is 4.42 Å². The van der Waals surface area contributed by atoms with Gasteiger partial charge in [0.1, 0.15) is 4.21 Å². The van der Waals surface area contributed by atoms with Crippen molar-refractivity contribution in [3.8, 4) is 0 Å². The lowest BCUT2D eigenvalue weighted by atomic mass is 10.4. The zero-order chi connectivity index (χ0) is 10.7. The molecule has 0 aromatic carbocycles. The molecule has 0 aliphatic heterocycles. The zero-order valence-corrected chi connectivity index (χ0v) is 9.35. The highest BCUT2D eigenvalue weighted by molar-refractivity contribution is 7.91. The third-order valence-electron chi connectivity index (χ3n) is 1.81. The molecule has 1 N–H and O–H groups in total. The highest BCUT2D eigenvalue weighted by Gasteiger charge is 2.14. The van der Waals surface area contributed by atoms with Crippen LogP contribution in [0.25, 0.3) is 0 Å². The number of sulfonamides is 1. The molecule has 6 heteroatoms. The lowest BCUT2D eigenvalue weighted by Gasteiger charge is -2.01. The van der Waals surface area contributed by atoms with E-state index >= 15 is 0 Å². The molecule has 2 rings (SSSR count). The Morgan fingerprint density at radius 3 is 2.87 bits per heavy atom. The van der Waals surface area contributed by atoms with Crippen molar-refractivity contribution in [2.45, 2.75) is 10.8 Å². The summed E-state index contributed by atoms with van der Waals surface area (Å²) in [4.78, 5) is 0. The molecule has 4 nitrogen and oxygen atoms in total. The SMILES string of the molecule is O=S(=O)(NCc1ccoc1)c1cccs1. The molecule has 0 aliphatic rings. The Hall–Kier alpha value is -1.11. The highest BCUT2D eigenvalue weighted by Crippen LogP contribution is 2.15. The van der Waals surface area contributed by atoms with Crippen LogP contribution in [0, 0.1) is 0 Å². The maximum atomic E-state index is 11.7. The summed E-state index contributed by atoms with van der Waals surface area (Å²) in [5.74, 6) is 0. The van der Waals surface area contributed by atoms with Crippen molar-refractivity contribution < 1.29 is 12.8 Å². The number of thiophene rings is 1. The van der Waals surface area contributed by atoms with Crippen LogP contribution in [0.3, 0.4) is 0 Å². The summed E-state index contributed by atoms with van der Waals surface area (Å²) in [7, 11) is -3.37. The van der Waals surface area contributed by atoms with Gasteiger partial charge < -0.3 is 4.42 Å². The Labute approximate surface area is 91.6 Å². The lowest BCUT2D eigenvalue weighted by Crippen LogP contribution is -2.21. The summed E-state index contributed by atoms with van der Waals surface area (Å²) >= 11 is 1.19. The third kappa shape index (κ3) is 2.47. The first kappa shape index (κ1) is 10.4. The Kier molecular flexibility index (Phi) is 2.90. The number of hydrogen-bond donors (Lipinski definition) is 1. The normalized spacial score (nSPS) is 11.7. The van der Waals surface area contributed by atoms with E-state index in [9.17, 15) is 8.42 Å². The summed E-state index contributed by atoms with van der Waals surface area (Å²) in [6.07, 6.45) is 3.02. The van der Waals surface area contributed by atoms with Crippen LogP contribution in [-0.4, -0.2) is 8.42 Å². The first-order valence-electron chi connectivity index (χ1n) is 4.23. The fraction of sp³-hybridized carbons (Fsp3) is 0.111. The molecule has 15 heavy (non-hydrogen) atoms. The number of furan rings is 1.